The third kappa shape index (κ3) is 3.01. The molecule has 1 aliphatic rings. The molecule has 2 rings (SSSR count). The third-order valence-electron chi connectivity index (χ3n) is 3.51. The van der Waals surface area contributed by atoms with Crippen molar-refractivity contribution in [2.75, 3.05) is 5.32 Å². The van der Waals surface area contributed by atoms with Crippen LogP contribution in [0.1, 0.15) is 37.8 Å². The fourth-order valence-electron chi connectivity index (χ4n) is 2.23. The highest BCUT2D eigenvalue weighted by Crippen LogP contribution is 2.42. The Morgan fingerprint density at radius 3 is 2.37 bits per heavy atom. The summed E-state index contributed by atoms with van der Waals surface area (Å²) in [5.74, 6) is 0.498. The first-order chi connectivity index (χ1) is 8.74. The van der Waals surface area contributed by atoms with Crippen LogP contribution in [0.4, 0.5) is 18.9 Å². The lowest BCUT2D eigenvalue weighted by Crippen LogP contribution is -2.33. The summed E-state index contributed by atoms with van der Waals surface area (Å²) >= 11 is 0. The van der Waals surface area contributed by atoms with E-state index < -0.39 is 11.7 Å². The van der Waals surface area contributed by atoms with Gasteiger partial charge in [-0.2, -0.15) is 18.4 Å². The van der Waals surface area contributed by atoms with E-state index in [2.05, 4.69) is 5.32 Å². The lowest BCUT2D eigenvalue weighted by atomic mass is 9.97. The summed E-state index contributed by atoms with van der Waals surface area (Å²) in [4.78, 5) is 0. The second-order valence-corrected chi connectivity index (χ2v) is 5.49. The molecule has 5 heteroatoms. The highest BCUT2D eigenvalue weighted by molar-refractivity contribution is 5.54. The molecule has 0 unspecified atom stereocenters. The predicted molar refractivity (Wildman–Crippen MR) is 66.6 cm³/mol. The SMILES string of the molecule is CC(C)(Nc1ccc(C#N)c(C(F)(F)F)c1)C1CC1. The molecule has 0 aliphatic heterocycles. The van der Waals surface area contributed by atoms with Crippen molar-refractivity contribution >= 4 is 5.69 Å². The van der Waals surface area contributed by atoms with Crippen molar-refractivity contribution in [2.24, 2.45) is 5.92 Å². The van der Waals surface area contributed by atoms with E-state index in [0.29, 0.717) is 11.6 Å². The summed E-state index contributed by atoms with van der Waals surface area (Å²) in [6.07, 6.45) is -2.31. The Morgan fingerprint density at radius 1 is 1.26 bits per heavy atom. The predicted octanol–water partition coefficient (Wildman–Crippen LogP) is 4.18. The Bertz CT molecular complexity index is 522. The van der Waals surface area contributed by atoms with Gasteiger partial charge in [0.15, 0.2) is 0 Å². The quantitative estimate of drug-likeness (QED) is 0.892. The van der Waals surface area contributed by atoms with Gasteiger partial charge in [-0.15, -0.1) is 0 Å². The molecule has 0 amide bonds. The number of anilines is 1. The molecule has 1 aromatic rings. The molecule has 0 spiro atoms. The minimum atomic E-state index is -4.51. The molecule has 1 aromatic carbocycles. The fraction of sp³-hybridized carbons (Fsp3) is 0.500. The highest BCUT2D eigenvalue weighted by atomic mass is 19.4. The number of alkyl halides is 3. The van der Waals surface area contributed by atoms with Gasteiger partial charge in [0, 0.05) is 11.2 Å². The van der Waals surface area contributed by atoms with Crippen LogP contribution >= 0.6 is 0 Å². The maximum Gasteiger partial charge on any atom is 0.417 e. The van der Waals surface area contributed by atoms with Gasteiger partial charge in [-0.25, -0.2) is 0 Å². The zero-order chi connectivity index (χ0) is 14.3. The van der Waals surface area contributed by atoms with Crippen LogP contribution in [0.3, 0.4) is 0 Å². The van der Waals surface area contributed by atoms with Gasteiger partial charge in [-0.3, -0.25) is 0 Å². The van der Waals surface area contributed by atoms with E-state index in [9.17, 15) is 13.2 Å². The summed E-state index contributed by atoms with van der Waals surface area (Å²) in [6, 6.07) is 5.34. The molecule has 102 valence electrons. The monoisotopic (exact) mass is 268 g/mol. The van der Waals surface area contributed by atoms with E-state index in [0.717, 1.165) is 18.9 Å². The topological polar surface area (TPSA) is 35.8 Å². The number of hydrogen-bond donors (Lipinski definition) is 1. The summed E-state index contributed by atoms with van der Waals surface area (Å²) in [7, 11) is 0. The van der Waals surface area contributed by atoms with Crippen molar-refractivity contribution in [2.45, 2.75) is 38.4 Å². The Labute approximate surface area is 110 Å². The Morgan fingerprint density at radius 2 is 1.89 bits per heavy atom. The molecule has 0 bridgehead atoms. The standard InChI is InChI=1S/C14H15F3N2/c1-13(2,10-4-5-10)19-11-6-3-9(8-18)12(7-11)14(15,16)17/h3,6-7,10,19H,4-5H2,1-2H3. The summed E-state index contributed by atoms with van der Waals surface area (Å²) in [5, 5.41) is 11.9. The number of halogens is 3. The zero-order valence-electron chi connectivity index (χ0n) is 10.8. The van der Waals surface area contributed by atoms with Crippen LogP contribution < -0.4 is 5.32 Å². The average molecular weight is 268 g/mol. The minimum absolute atomic E-state index is 0.225. The summed E-state index contributed by atoms with van der Waals surface area (Å²) in [6.45, 7) is 3.96. The maximum atomic E-state index is 12.8. The van der Waals surface area contributed by atoms with Crippen LogP contribution in [0.15, 0.2) is 18.2 Å². The second kappa shape index (κ2) is 4.44. The molecule has 0 atom stereocenters. The first kappa shape index (κ1) is 13.7. The summed E-state index contributed by atoms with van der Waals surface area (Å²) < 4.78 is 38.5. The number of rotatable bonds is 3. The number of hydrogen-bond acceptors (Lipinski definition) is 2. The van der Waals surface area contributed by atoms with Crippen molar-refractivity contribution in [3.8, 4) is 6.07 Å². The lowest BCUT2D eigenvalue weighted by molar-refractivity contribution is -0.137. The number of nitriles is 1. The van der Waals surface area contributed by atoms with E-state index in [1.165, 1.54) is 12.1 Å². The van der Waals surface area contributed by atoms with Gasteiger partial charge in [0.25, 0.3) is 0 Å². The van der Waals surface area contributed by atoms with Crippen LogP contribution in [0.25, 0.3) is 0 Å². The van der Waals surface area contributed by atoms with Crippen LogP contribution in [0.2, 0.25) is 0 Å². The molecule has 1 saturated carbocycles. The van der Waals surface area contributed by atoms with Gasteiger partial charge < -0.3 is 5.32 Å². The van der Waals surface area contributed by atoms with Crippen molar-refractivity contribution in [3.05, 3.63) is 29.3 Å². The molecule has 2 nitrogen and oxygen atoms in total. The fourth-order valence-corrected chi connectivity index (χ4v) is 2.23. The number of nitrogens with zero attached hydrogens (tertiary/aromatic N) is 1. The van der Waals surface area contributed by atoms with E-state index in [1.807, 2.05) is 13.8 Å². The molecule has 0 saturated heterocycles. The Hall–Kier alpha value is -1.70. The van der Waals surface area contributed by atoms with E-state index in [-0.39, 0.29) is 11.1 Å². The van der Waals surface area contributed by atoms with Crippen molar-refractivity contribution < 1.29 is 13.2 Å². The molecular formula is C14H15F3N2. The smallest absolute Gasteiger partial charge is 0.380 e. The van der Waals surface area contributed by atoms with Crippen LogP contribution in [0.5, 0.6) is 0 Å². The van der Waals surface area contributed by atoms with Gasteiger partial charge in [0.05, 0.1) is 17.2 Å². The van der Waals surface area contributed by atoms with Crippen LogP contribution in [-0.4, -0.2) is 5.54 Å². The van der Waals surface area contributed by atoms with E-state index in [4.69, 9.17) is 5.26 Å². The van der Waals surface area contributed by atoms with Gasteiger partial charge in [-0.05, 0) is 50.8 Å². The lowest BCUT2D eigenvalue weighted by Gasteiger charge is -2.28. The molecule has 19 heavy (non-hydrogen) atoms. The van der Waals surface area contributed by atoms with Crippen molar-refractivity contribution in [1.82, 2.24) is 0 Å². The largest absolute Gasteiger partial charge is 0.417 e. The summed E-state index contributed by atoms with van der Waals surface area (Å²) in [5.41, 5.74) is -1.05. The molecular weight excluding hydrogens is 253 g/mol. The number of nitrogens with one attached hydrogen (secondary N) is 1. The third-order valence-corrected chi connectivity index (χ3v) is 3.51. The minimum Gasteiger partial charge on any atom is -0.380 e. The normalized spacial score (nSPS) is 16.0. The maximum absolute atomic E-state index is 12.8. The first-order valence-electron chi connectivity index (χ1n) is 6.13. The number of benzene rings is 1. The van der Waals surface area contributed by atoms with Gasteiger partial charge in [-0.1, -0.05) is 0 Å². The Kier molecular flexibility index (Phi) is 3.21. The zero-order valence-corrected chi connectivity index (χ0v) is 10.8. The van der Waals surface area contributed by atoms with Gasteiger partial charge in [0.2, 0.25) is 0 Å². The van der Waals surface area contributed by atoms with Gasteiger partial charge >= 0.3 is 6.18 Å². The molecule has 1 fully saturated rings. The average Bonchev–Trinajstić information content (AvgIpc) is 3.11. The molecule has 0 radical (unpaired) electrons. The van der Waals surface area contributed by atoms with Crippen LogP contribution in [-0.2, 0) is 6.18 Å². The highest BCUT2D eigenvalue weighted by Gasteiger charge is 2.38. The first-order valence-corrected chi connectivity index (χ1v) is 6.13. The van der Waals surface area contributed by atoms with Crippen LogP contribution in [0, 0.1) is 17.2 Å². The van der Waals surface area contributed by atoms with Crippen molar-refractivity contribution in [3.63, 3.8) is 0 Å². The molecule has 0 aromatic heterocycles. The molecule has 0 heterocycles. The van der Waals surface area contributed by atoms with E-state index >= 15 is 0 Å². The molecule has 1 N–H and O–H groups in total. The molecule has 1 aliphatic carbocycles. The second-order valence-electron chi connectivity index (χ2n) is 5.49. The van der Waals surface area contributed by atoms with E-state index in [1.54, 1.807) is 6.07 Å². The van der Waals surface area contributed by atoms with Gasteiger partial charge in [0.1, 0.15) is 0 Å². The Balaban J connectivity index is 2.31. The van der Waals surface area contributed by atoms with Crippen molar-refractivity contribution in [1.29, 1.82) is 5.26 Å².